The molecule has 1 aliphatic heterocycles. The number of nitrogens with zero attached hydrogens (tertiary/aromatic N) is 5. The summed E-state index contributed by atoms with van der Waals surface area (Å²) in [6.07, 6.45) is 1.61. The van der Waals surface area contributed by atoms with Crippen molar-refractivity contribution >= 4 is 33.3 Å². The molecule has 4 aromatic rings. The molecule has 1 saturated heterocycles. The number of amides is 1. The van der Waals surface area contributed by atoms with E-state index >= 15 is 0 Å². The molecule has 0 atom stereocenters. The molecule has 1 aliphatic rings. The highest BCUT2D eigenvalue weighted by Crippen LogP contribution is 2.29. The maximum atomic E-state index is 13.3. The number of hydrogen-bond donors (Lipinski definition) is 0. The van der Waals surface area contributed by atoms with E-state index in [1.165, 1.54) is 0 Å². The Hall–Kier alpha value is -3.26. The summed E-state index contributed by atoms with van der Waals surface area (Å²) >= 11 is 1.61. The molecular weight excluding hydrogens is 386 g/mol. The Kier molecular flexibility index (Phi) is 4.48. The predicted octanol–water partition coefficient (Wildman–Crippen LogP) is 3.62. The fourth-order valence-corrected chi connectivity index (χ4v) is 4.45. The monoisotopic (exact) mass is 405 g/mol. The van der Waals surface area contributed by atoms with E-state index in [1.807, 2.05) is 40.6 Å². The summed E-state index contributed by atoms with van der Waals surface area (Å²) < 4.78 is 5.37. The second-order valence-electron chi connectivity index (χ2n) is 6.94. The molecule has 0 aliphatic carbocycles. The van der Waals surface area contributed by atoms with Crippen LogP contribution in [-0.2, 0) is 0 Å². The van der Waals surface area contributed by atoms with Gasteiger partial charge in [0.25, 0.3) is 5.91 Å². The second kappa shape index (κ2) is 7.29. The van der Waals surface area contributed by atoms with Crippen LogP contribution in [0.3, 0.4) is 0 Å². The molecule has 7 nitrogen and oxygen atoms in total. The first-order chi connectivity index (χ1) is 14.2. The Labute approximate surface area is 171 Å². The summed E-state index contributed by atoms with van der Waals surface area (Å²) in [6, 6.07) is 11.7. The highest BCUT2D eigenvalue weighted by atomic mass is 32.1. The van der Waals surface area contributed by atoms with Gasteiger partial charge in [0.15, 0.2) is 0 Å². The standard InChI is InChI=1S/C21H19N5O2S/c1-14-17(18(24-28-14)15-5-3-2-4-6-15)21(27)26-10-8-25(9-11-26)19-16-7-12-29-20(16)23-13-22-19/h2-7,12-13H,8-11H2,1H3. The van der Waals surface area contributed by atoms with Crippen molar-refractivity contribution < 1.29 is 9.32 Å². The lowest BCUT2D eigenvalue weighted by Gasteiger charge is -2.35. The fraction of sp³-hybridized carbons (Fsp3) is 0.238. The first-order valence-electron chi connectivity index (χ1n) is 9.46. The van der Waals surface area contributed by atoms with Gasteiger partial charge in [-0.25, -0.2) is 9.97 Å². The third-order valence-corrected chi connectivity index (χ3v) is 6.05. The van der Waals surface area contributed by atoms with E-state index in [1.54, 1.807) is 24.6 Å². The van der Waals surface area contributed by atoms with Crippen LogP contribution in [0.1, 0.15) is 16.1 Å². The van der Waals surface area contributed by atoms with Crippen molar-refractivity contribution in [2.45, 2.75) is 6.92 Å². The van der Waals surface area contributed by atoms with E-state index < -0.39 is 0 Å². The van der Waals surface area contributed by atoms with Crippen LogP contribution in [0.2, 0.25) is 0 Å². The summed E-state index contributed by atoms with van der Waals surface area (Å²) in [5, 5.41) is 7.24. The minimum atomic E-state index is -0.0365. The highest BCUT2D eigenvalue weighted by Gasteiger charge is 2.29. The summed E-state index contributed by atoms with van der Waals surface area (Å²) in [6.45, 7) is 4.47. The highest BCUT2D eigenvalue weighted by molar-refractivity contribution is 7.16. The number of anilines is 1. The number of thiophene rings is 1. The molecule has 146 valence electrons. The molecule has 3 aromatic heterocycles. The van der Waals surface area contributed by atoms with Gasteiger partial charge in [-0.2, -0.15) is 0 Å². The van der Waals surface area contributed by atoms with E-state index in [-0.39, 0.29) is 5.91 Å². The van der Waals surface area contributed by atoms with Crippen LogP contribution in [0.5, 0.6) is 0 Å². The van der Waals surface area contributed by atoms with Crippen LogP contribution in [0.25, 0.3) is 21.5 Å². The summed E-state index contributed by atoms with van der Waals surface area (Å²) in [4.78, 5) is 27.2. The van der Waals surface area contributed by atoms with Gasteiger partial charge in [-0.1, -0.05) is 35.5 Å². The number of aryl methyl sites for hydroxylation is 1. The van der Waals surface area contributed by atoms with Gasteiger partial charge in [-0.05, 0) is 18.4 Å². The Balaban J connectivity index is 1.36. The number of carbonyl (C=O) groups is 1. The Morgan fingerprint density at radius 3 is 2.66 bits per heavy atom. The van der Waals surface area contributed by atoms with Gasteiger partial charge in [-0.3, -0.25) is 4.79 Å². The number of fused-ring (bicyclic) bond motifs is 1. The fourth-order valence-electron chi connectivity index (χ4n) is 3.73. The minimum Gasteiger partial charge on any atom is -0.360 e. The van der Waals surface area contributed by atoms with Gasteiger partial charge >= 0.3 is 0 Å². The number of aromatic nitrogens is 3. The molecule has 4 heterocycles. The quantitative estimate of drug-likeness (QED) is 0.518. The third kappa shape index (κ3) is 3.15. The zero-order valence-electron chi connectivity index (χ0n) is 15.9. The van der Waals surface area contributed by atoms with Crippen molar-refractivity contribution in [3.05, 3.63) is 59.4 Å². The predicted molar refractivity (Wildman–Crippen MR) is 112 cm³/mol. The maximum Gasteiger partial charge on any atom is 0.259 e. The Morgan fingerprint density at radius 1 is 1.07 bits per heavy atom. The molecule has 5 rings (SSSR count). The molecule has 0 bridgehead atoms. The number of carbonyl (C=O) groups excluding carboxylic acids is 1. The lowest BCUT2D eigenvalue weighted by Crippen LogP contribution is -2.49. The van der Waals surface area contributed by atoms with Crippen molar-refractivity contribution in [1.29, 1.82) is 0 Å². The Morgan fingerprint density at radius 2 is 1.86 bits per heavy atom. The maximum absolute atomic E-state index is 13.3. The lowest BCUT2D eigenvalue weighted by molar-refractivity contribution is 0.0745. The molecule has 29 heavy (non-hydrogen) atoms. The van der Waals surface area contributed by atoms with Crippen molar-refractivity contribution in [2.75, 3.05) is 31.1 Å². The van der Waals surface area contributed by atoms with E-state index in [4.69, 9.17) is 4.52 Å². The van der Waals surface area contributed by atoms with E-state index in [0.29, 0.717) is 30.1 Å². The van der Waals surface area contributed by atoms with Gasteiger partial charge in [-0.15, -0.1) is 11.3 Å². The van der Waals surface area contributed by atoms with Crippen molar-refractivity contribution in [1.82, 2.24) is 20.0 Å². The molecule has 1 aromatic carbocycles. The zero-order chi connectivity index (χ0) is 19.8. The number of piperazine rings is 1. The normalized spacial score (nSPS) is 14.5. The average molecular weight is 405 g/mol. The van der Waals surface area contributed by atoms with Gasteiger partial charge in [0, 0.05) is 31.7 Å². The topological polar surface area (TPSA) is 75.4 Å². The molecule has 1 amide bonds. The first-order valence-corrected chi connectivity index (χ1v) is 10.3. The molecule has 0 N–H and O–H groups in total. The molecule has 0 saturated carbocycles. The average Bonchev–Trinajstić information content (AvgIpc) is 3.40. The Bertz CT molecular complexity index is 1160. The van der Waals surface area contributed by atoms with Crippen LogP contribution in [0.4, 0.5) is 5.82 Å². The zero-order valence-corrected chi connectivity index (χ0v) is 16.7. The van der Waals surface area contributed by atoms with Crippen molar-refractivity contribution in [2.24, 2.45) is 0 Å². The van der Waals surface area contributed by atoms with Gasteiger partial charge in [0.05, 0.1) is 5.39 Å². The number of hydrogen-bond acceptors (Lipinski definition) is 7. The van der Waals surface area contributed by atoms with Crippen LogP contribution in [0.15, 0.2) is 52.6 Å². The summed E-state index contributed by atoms with van der Waals surface area (Å²) in [5.41, 5.74) is 2.03. The minimum absolute atomic E-state index is 0.0365. The van der Waals surface area contributed by atoms with Crippen molar-refractivity contribution in [3.8, 4) is 11.3 Å². The molecule has 0 radical (unpaired) electrons. The van der Waals surface area contributed by atoms with Crippen LogP contribution < -0.4 is 4.90 Å². The van der Waals surface area contributed by atoms with Crippen LogP contribution in [-0.4, -0.2) is 52.1 Å². The third-order valence-electron chi connectivity index (χ3n) is 5.23. The van der Waals surface area contributed by atoms with Crippen LogP contribution >= 0.6 is 11.3 Å². The first kappa shape index (κ1) is 17.8. The summed E-state index contributed by atoms with van der Waals surface area (Å²) in [5.74, 6) is 1.45. The lowest BCUT2D eigenvalue weighted by atomic mass is 10.0. The van der Waals surface area contributed by atoms with Gasteiger partial charge in [0.2, 0.25) is 0 Å². The molecule has 0 unspecified atom stereocenters. The molecular formula is C21H19N5O2S. The van der Waals surface area contributed by atoms with Crippen molar-refractivity contribution in [3.63, 3.8) is 0 Å². The van der Waals surface area contributed by atoms with Gasteiger partial charge < -0.3 is 14.3 Å². The second-order valence-corrected chi connectivity index (χ2v) is 7.84. The molecule has 8 heteroatoms. The van der Waals surface area contributed by atoms with E-state index in [0.717, 1.165) is 34.7 Å². The van der Waals surface area contributed by atoms with Gasteiger partial charge in [0.1, 0.15) is 34.0 Å². The molecule has 0 spiro atoms. The smallest absolute Gasteiger partial charge is 0.259 e. The number of rotatable bonds is 3. The van der Waals surface area contributed by atoms with Crippen LogP contribution in [0, 0.1) is 6.92 Å². The van der Waals surface area contributed by atoms with E-state index in [9.17, 15) is 4.79 Å². The number of benzene rings is 1. The summed E-state index contributed by atoms with van der Waals surface area (Å²) in [7, 11) is 0. The SMILES string of the molecule is Cc1onc(-c2ccccc2)c1C(=O)N1CCN(c2ncnc3sccc23)CC1. The largest absolute Gasteiger partial charge is 0.360 e. The molecule has 1 fully saturated rings. The van der Waals surface area contributed by atoms with E-state index in [2.05, 4.69) is 26.1 Å².